The molecule has 2 heterocycles. The SMILES string of the molecule is CC(=O)N1CCc2c(n(C)c3ccccc23)C1CCCN(C(C)C)C(C)C. The van der Waals surface area contributed by atoms with E-state index in [1.165, 1.54) is 22.2 Å². The summed E-state index contributed by atoms with van der Waals surface area (Å²) < 4.78 is 2.33. The molecule has 4 heteroatoms. The third-order valence-electron chi connectivity index (χ3n) is 6.18. The summed E-state index contributed by atoms with van der Waals surface area (Å²) in [6.45, 7) is 12.7. The molecule has 0 fully saturated rings. The largest absolute Gasteiger partial charge is 0.346 e. The lowest BCUT2D eigenvalue weighted by Gasteiger charge is -2.37. The fraction of sp³-hybridized carbons (Fsp3) is 0.609. The summed E-state index contributed by atoms with van der Waals surface area (Å²) in [5.41, 5.74) is 4.07. The summed E-state index contributed by atoms with van der Waals surface area (Å²) in [6.07, 6.45) is 3.08. The van der Waals surface area contributed by atoms with Crippen molar-refractivity contribution < 1.29 is 4.79 Å². The number of hydrogen-bond acceptors (Lipinski definition) is 2. The normalized spacial score (nSPS) is 17.4. The van der Waals surface area contributed by atoms with Gasteiger partial charge in [-0.15, -0.1) is 0 Å². The van der Waals surface area contributed by atoms with Crippen molar-refractivity contribution in [3.05, 3.63) is 35.5 Å². The number of carbonyl (C=O) groups is 1. The van der Waals surface area contributed by atoms with E-state index in [4.69, 9.17) is 0 Å². The highest BCUT2D eigenvalue weighted by atomic mass is 16.2. The zero-order valence-electron chi connectivity index (χ0n) is 17.8. The van der Waals surface area contributed by atoms with Crippen LogP contribution in [0.15, 0.2) is 24.3 Å². The molecule has 1 aliphatic rings. The van der Waals surface area contributed by atoms with Crippen molar-refractivity contribution in [2.45, 2.75) is 72.0 Å². The van der Waals surface area contributed by atoms with Crippen molar-refractivity contribution >= 4 is 16.8 Å². The van der Waals surface area contributed by atoms with Gasteiger partial charge in [0.2, 0.25) is 5.91 Å². The fourth-order valence-corrected chi connectivity index (χ4v) is 4.96. The number of hydrogen-bond donors (Lipinski definition) is 0. The number of benzene rings is 1. The number of aromatic nitrogens is 1. The summed E-state index contributed by atoms with van der Waals surface area (Å²) in [5.74, 6) is 0.195. The van der Waals surface area contributed by atoms with E-state index in [9.17, 15) is 4.79 Å². The van der Waals surface area contributed by atoms with Gasteiger partial charge >= 0.3 is 0 Å². The summed E-state index contributed by atoms with van der Waals surface area (Å²) in [7, 11) is 2.16. The minimum Gasteiger partial charge on any atom is -0.346 e. The molecule has 0 bridgehead atoms. The van der Waals surface area contributed by atoms with Crippen molar-refractivity contribution in [2.75, 3.05) is 13.1 Å². The number of fused-ring (bicyclic) bond motifs is 3. The Morgan fingerprint density at radius 3 is 2.48 bits per heavy atom. The molecule has 27 heavy (non-hydrogen) atoms. The molecule has 0 aliphatic carbocycles. The maximum absolute atomic E-state index is 12.4. The molecule has 148 valence electrons. The molecule has 1 atom stereocenters. The predicted molar refractivity (Wildman–Crippen MR) is 113 cm³/mol. The summed E-state index contributed by atoms with van der Waals surface area (Å²) in [5, 5.41) is 1.36. The lowest BCUT2D eigenvalue weighted by atomic mass is 9.94. The highest BCUT2D eigenvalue weighted by molar-refractivity contribution is 5.86. The van der Waals surface area contributed by atoms with Crippen LogP contribution in [-0.4, -0.2) is 45.4 Å². The standard InChI is InChI=1S/C23H35N3O/c1-16(2)25(17(3)4)14-9-12-22-23-20(13-15-26(22)18(5)27)19-10-7-8-11-21(19)24(23)6/h7-8,10-11,16-17,22H,9,12-15H2,1-6H3. The number of carbonyl (C=O) groups excluding carboxylic acids is 1. The first-order valence-electron chi connectivity index (χ1n) is 10.4. The van der Waals surface area contributed by atoms with Crippen molar-refractivity contribution in [1.29, 1.82) is 0 Å². The van der Waals surface area contributed by atoms with E-state index in [0.29, 0.717) is 12.1 Å². The average Bonchev–Trinajstić information content (AvgIpc) is 2.91. The number of aryl methyl sites for hydroxylation is 1. The van der Waals surface area contributed by atoms with Gasteiger partial charge in [-0.05, 0) is 65.1 Å². The highest BCUT2D eigenvalue weighted by Gasteiger charge is 2.33. The van der Waals surface area contributed by atoms with Gasteiger partial charge in [0, 0.05) is 49.2 Å². The second-order valence-electron chi connectivity index (χ2n) is 8.49. The van der Waals surface area contributed by atoms with Crippen LogP contribution in [0.2, 0.25) is 0 Å². The van der Waals surface area contributed by atoms with Crippen LogP contribution in [0, 0.1) is 0 Å². The van der Waals surface area contributed by atoms with Crippen LogP contribution in [0.1, 0.15) is 64.8 Å². The first-order valence-corrected chi connectivity index (χ1v) is 10.4. The van der Waals surface area contributed by atoms with Gasteiger partial charge in [0.05, 0.1) is 6.04 Å². The molecule has 1 aliphatic heterocycles. The van der Waals surface area contributed by atoms with Crippen molar-refractivity contribution in [3.63, 3.8) is 0 Å². The summed E-state index contributed by atoms with van der Waals surface area (Å²) in [6, 6.07) is 9.94. The Kier molecular flexibility index (Phi) is 5.95. The van der Waals surface area contributed by atoms with Gasteiger partial charge in [-0.25, -0.2) is 0 Å². The zero-order chi connectivity index (χ0) is 19.7. The summed E-state index contributed by atoms with van der Waals surface area (Å²) in [4.78, 5) is 17.0. The van der Waals surface area contributed by atoms with Crippen LogP contribution in [0.25, 0.3) is 10.9 Å². The van der Waals surface area contributed by atoms with Gasteiger partial charge in [-0.1, -0.05) is 18.2 Å². The van der Waals surface area contributed by atoms with Gasteiger partial charge in [-0.3, -0.25) is 9.69 Å². The van der Waals surface area contributed by atoms with Crippen molar-refractivity contribution in [1.82, 2.24) is 14.4 Å². The first kappa shape index (κ1) is 19.9. The minimum absolute atomic E-state index is 0.185. The first-order chi connectivity index (χ1) is 12.8. The lowest BCUT2D eigenvalue weighted by molar-refractivity contribution is -0.132. The molecule has 0 radical (unpaired) electrons. The molecule has 1 aromatic carbocycles. The van der Waals surface area contributed by atoms with Gasteiger partial charge in [0.25, 0.3) is 0 Å². The molecule has 4 nitrogen and oxygen atoms in total. The Hall–Kier alpha value is -1.81. The molecule has 2 aromatic rings. The Balaban J connectivity index is 1.89. The van der Waals surface area contributed by atoms with Crippen LogP contribution in [0.5, 0.6) is 0 Å². The maximum atomic E-state index is 12.4. The topological polar surface area (TPSA) is 28.5 Å². The monoisotopic (exact) mass is 369 g/mol. The molecule has 1 amide bonds. The van der Waals surface area contributed by atoms with E-state index in [1.807, 2.05) is 0 Å². The van der Waals surface area contributed by atoms with Crippen LogP contribution < -0.4 is 0 Å². The third kappa shape index (κ3) is 3.77. The third-order valence-corrected chi connectivity index (χ3v) is 6.18. The van der Waals surface area contributed by atoms with E-state index in [0.717, 1.165) is 32.4 Å². The molecule has 1 unspecified atom stereocenters. The smallest absolute Gasteiger partial charge is 0.220 e. The molecular formula is C23H35N3O. The van der Waals surface area contributed by atoms with E-state index in [2.05, 4.69) is 73.4 Å². The fourth-order valence-electron chi connectivity index (χ4n) is 4.96. The quantitative estimate of drug-likeness (QED) is 0.749. The van der Waals surface area contributed by atoms with Crippen molar-refractivity contribution in [3.8, 4) is 0 Å². The molecule has 1 aromatic heterocycles. The Morgan fingerprint density at radius 1 is 1.19 bits per heavy atom. The molecule has 0 N–H and O–H groups in total. The Bertz CT molecular complexity index is 797. The van der Waals surface area contributed by atoms with Gasteiger partial charge in [-0.2, -0.15) is 0 Å². The molecular weight excluding hydrogens is 334 g/mol. The van der Waals surface area contributed by atoms with E-state index >= 15 is 0 Å². The Labute approximate surface area is 164 Å². The van der Waals surface area contributed by atoms with Crippen LogP contribution >= 0.6 is 0 Å². The van der Waals surface area contributed by atoms with Gasteiger partial charge < -0.3 is 9.47 Å². The summed E-state index contributed by atoms with van der Waals surface area (Å²) >= 11 is 0. The number of nitrogens with zero attached hydrogens (tertiary/aromatic N) is 3. The zero-order valence-corrected chi connectivity index (χ0v) is 17.8. The van der Waals surface area contributed by atoms with Crippen molar-refractivity contribution in [2.24, 2.45) is 7.05 Å². The van der Waals surface area contributed by atoms with Crippen LogP contribution in [-0.2, 0) is 18.3 Å². The number of amides is 1. The maximum Gasteiger partial charge on any atom is 0.220 e. The second kappa shape index (κ2) is 8.05. The van der Waals surface area contributed by atoms with E-state index < -0.39 is 0 Å². The highest BCUT2D eigenvalue weighted by Crippen LogP contribution is 2.38. The second-order valence-corrected chi connectivity index (χ2v) is 8.49. The minimum atomic E-state index is 0.185. The number of rotatable bonds is 6. The molecule has 3 rings (SSSR count). The van der Waals surface area contributed by atoms with Gasteiger partial charge in [0.15, 0.2) is 0 Å². The number of para-hydroxylation sites is 1. The molecule has 0 saturated heterocycles. The predicted octanol–water partition coefficient (Wildman–Crippen LogP) is 4.52. The molecule has 0 spiro atoms. The van der Waals surface area contributed by atoms with Gasteiger partial charge in [0.1, 0.15) is 0 Å². The molecule has 0 saturated carbocycles. The lowest BCUT2D eigenvalue weighted by Crippen LogP contribution is -2.41. The van der Waals surface area contributed by atoms with E-state index in [1.54, 1.807) is 6.92 Å². The average molecular weight is 370 g/mol. The Morgan fingerprint density at radius 2 is 1.85 bits per heavy atom. The van der Waals surface area contributed by atoms with Crippen LogP contribution in [0.4, 0.5) is 0 Å². The van der Waals surface area contributed by atoms with Crippen LogP contribution in [0.3, 0.4) is 0 Å². The van der Waals surface area contributed by atoms with E-state index in [-0.39, 0.29) is 11.9 Å².